The first kappa shape index (κ1) is 10.8. The van der Waals surface area contributed by atoms with Gasteiger partial charge in [-0.25, -0.2) is 4.68 Å². The van der Waals surface area contributed by atoms with Crippen LogP contribution >= 0.6 is 0 Å². The van der Waals surface area contributed by atoms with E-state index >= 15 is 0 Å². The highest BCUT2D eigenvalue weighted by atomic mass is 15.4. The molecule has 3 rings (SSSR count). The number of rotatable bonds is 2. The number of aromatic nitrogens is 4. The summed E-state index contributed by atoms with van der Waals surface area (Å²) in [6.07, 6.45) is 0. The molecule has 0 unspecified atom stereocenters. The molecule has 3 N–H and O–H groups in total. The molecule has 0 bridgehead atoms. The van der Waals surface area contributed by atoms with Gasteiger partial charge in [-0.15, -0.1) is 0 Å². The van der Waals surface area contributed by atoms with E-state index in [1.807, 2.05) is 35.0 Å². The van der Waals surface area contributed by atoms with Gasteiger partial charge in [0.2, 0.25) is 0 Å². The zero-order chi connectivity index (χ0) is 12.7. The highest BCUT2D eigenvalue weighted by molar-refractivity contribution is 5.98. The average Bonchev–Trinajstić information content (AvgIpc) is 2.92. The van der Waals surface area contributed by atoms with Gasteiger partial charge in [0.15, 0.2) is 5.65 Å². The number of anilines is 1. The number of benzene rings is 1. The topological polar surface area (TPSA) is 72.5 Å². The predicted octanol–water partition coefficient (Wildman–Crippen LogP) is 2.59. The van der Waals surface area contributed by atoms with Crippen LogP contribution < -0.4 is 5.73 Å². The number of nitrogens with two attached hydrogens (primary N) is 1. The van der Waals surface area contributed by atoms with Crippen LogP contribution in [0, 0.1) is 0 Å². The summed E-state index contributed by atoms with van der Waals surface area (Å²) in [4.78, 5) is 0. The molecule has 0 spiro atoms. The maximum atomic E-state index is 5.96. The third-order valence-corrected chi connectivity index (χ3v) is 2.97. The van der Waals surface area contributed by atoms with Gasteiger partial charge in [0.1, 0.15) is 11.5 Å². The van der Waals surface area contributed by atoms with Gasteiger partial charge in [-0.1, -0.05) is 30.3 Å². The van der Waals surface area contributed by atoms with Crippen LogP contribution in [0.15, 0.2) is 30.3 Å². The normalized spacial score (nSPS) is 11.5. The van der Waals surface area contributed by atoms with Crippen molar-refractivity contribution in [1.82, 2.24) is 20.0 Å². The molecule has 0 saturated heterocycles. The van der Waals surface area contributed by atoms with Crippen molar-refractivity contribution in [2.45, 2.75) is 19.9 Å². The highest BCUT2D eigenvalue weighted by Gasteiger charge is 2.18. The smallest absolute Gasteiger partial charge is 0.182 e. The third-order valence-electron chi connectivity index (χ3n) is 2.97. The van der Waals surface area contributed by atoms with Gasteiger partial charge in [-0.05, 0) is 13.8 Å². The van der Waals surface area contributed by atoms with Gasteiger partial charge in [0.25, 0.3) is 0 Å². The van der Waals surface area contributed by atoms with E-state index in [1.54, 1.807) is 0 Å². The molecule has 0 saturated carbocycles. The molecule has 3 aromatic rings. The molecular formula is C13H15N5. The lowest BCUT2D eigenvalue weighted by molar-refractivity contribution is 0.546. The lowest BCUT2D eigenvalue weighted by Gasteiger charge is -2.04. The highest BCUT2D eigenvalue weighted by Crippen LogP contribution is 2.31. The molecule has 0 fully saturated rings. The van der Waals surface area contributed by atoms with Crippen molar-refractivity contribution in [2.75, 3.05) is 5.73 Å². The van der Waals surface area contributed by atoms with Gasteiger partial charge in [-0.2, -0.15) is 10.2 Å². The molecule has 0 atom stereocenters. The number of hydrogen-bond acceptors (Lipinski definition) is 3. The molecule has 0 aliphatic heterocycles. The quantitative estimate of drug-likeness (QED) is 0.724. The monoisotopic (exact) mass is 241 g/mol. The summed E-state index contributed by atoms with van der Waals surface area (Å²) in [7, 11) is 0. The summed E-state index contributed by atoms with van der Waals surface area (Å²) >= 11 is 0. The maximum Gasteiger partial charge on any atom is 0.182 e. The van der Waals surface area contributed by atoms with E-state index in [4.69, 9.17) is 5.73 Å². The van der Waals surface area contributed by atoms with E-state index in [0.717, 1.165) is 22.3 Å². The van der Waals surface area contributed by atoms with Crippen molar-refractivity contribution in [3.8, 4) is 11.3 Å². The van der Waals surface area contributed by atoms with Crippen molar-refractivity contribution in [1.29, 1.82) is 0 Å². The van der Waals surface area contributed by atoms with Gasteiger partial charge in [0.05, 0.1) is 5.39 Å². The number of hydrogen-bond donors (Lipinski definition) is 2. The van der Waals surface area contributed by atoms with Gasteiger partial charge >= 0.3 is 0 Å². The summed E-state index contributed by atoms with van der Waals surface area (Å²) in [5, 5.41) is 12.6. The summed E-state index contributed by atoms with van der Waals surface area (Å²) in [5.74, 6) is 0.566. The predicted molar refractivity (Wildman–Crippen MR) is 72.1 cm³/mol. The van der Waals surface area contributed by atoms with Crippen LogP contribution in [0.4, 0.5) is 5.82 Å². The van der Waals surface area contributed by atoms with Crippen LogP contribution in [0.1, 0.15) is 19.9 Å². The molecule has 5 nitrogen and oxygen atoms in total. The van der Waals surface area contributed by atoms with Gasteiger partial charge in [-0.3, -0.25) is 5.10 Å². The fourth-order valence-corrected chi connectivity index (χ4v) is 2.11. The van der Waals surface area contributed by atoms with Crippen LogP contribution in [0.2, 0.25) is 0 Å². The number of H-pyrrole nitrogens is 1. The number of nitrogen functional groups attached to an aromatic ring is 1. The summed E-state index contributed by atoms with van der Waals surface area (Å²) in [5.41, 5.74) is 8.69. The lowest BCUT2D eigenvalue weighted by Crippen LogP contribution is -2.03. The zero-order valence-electron chi connectivity index (χ0n) is 10.4. The summed E-state index contributed by atoms with van der Waals surface area (Å²) in [6, 6.07) is 10.3. The first-order chi connectivity index (χ1) is 8.68. The van der Waals surface area contributed by atoms with Crippen LogP contribution in [0.25, 0.3) is 22.3 Å². The number of fused-ring (bicyclic) bond motifs is 1. The summed E-state index contributed by atoms with van der Waals surface area (Å²) < 4.78 is 1.89. The molecule has 18 heavy (non-hydrogen) atoms. The minimum Gasteiger partial charge on any atom is -0.383 e. The van der Waals surface area contributed by atoms with E-state index in [1.165, 1.54) is 0 Å². The van der Waals surface area contributed by atoms with E-state index in [-0.39, 0.29) is 6.04 Å². The minimum absolute atomic E-state index is 0.243. The zero-order valence-corrected chi connectivity index (χ0v) is 10.4. The fraction of sp³-hybridized carbons (Fsp3) is 0.231. The Kier molecular flexibility index (Phi) is 2.33. The number of nitrogens with zero attached hydrogens (tertiary/aromatic N) is 3. The Bertz CT molecular complexity index is 678. The molecule has 1 aromatic carbocycles. The van der Waals surface area contributed by atoms with Crippen molar-refractivity contribution in [2.24, 2.45) is 0 Å². The molecule has 0 aliphatic carbocycles. The molecule has 92 valence electrons. The van der Waals surface area contributed by atoms with Crippen molar-refractivity contribution < 1.29 is 0 Å². The number of nitrogens with one attached hydrogen (secondary N) is 1. The fourth-order valence-electron chi connectivity index (χ4n) is 2.11. The Morgan fingerprint density at radius 1 is 1.22 bits per heavy atom. The van der Waals surface area contributed by atoms with Crippen LogP contribution in [0.3, 0.4) is 0 Å². The van der Waals surface area contributed by atoms with Crippen molar-refractivity contribution in [3.05, 3.63) is 30.3 Å². The first-order valence-corrected chi connectivity index (χ1v) is 5.96. The molecule has 2 aromatic heterocycles. The molecule has 0 amide bonds. The van der Waals surface area contributed by atoms with E-state index in [9.17, 15) is 0 Å². The van der Waals surface area contributed by atoms with Crippen LogP contribution in [-0.2, 0) is 0 Å². The second-order valence-corrected chi connectivity index (χ2v) is 4.59. The van der Waals surface area contributed by atoms with Gasteiger partial charge in [0, 0.05) is 11.6 Å². The third kappa shape index (κ3) is 1.48. The van der Waals surface area contributed by atoms with E-state index in [0.29, 0.717) is 5.82 Å². The Labute approximate surface area is 105 Å². The molecule has 2 heterocycles. The Morgan fingerprint density at radius 3 is 2.61 bits per heavy atom. The van der Waals surface area contributed by atoms with E-state index < -0.39 is 0 Å². The molecule has 0 radical (unpaired) electrons. The van der Waals surface area contributed by atoms with Crippen molar-refractivity contribution >= 4 is 16.9 Å². The maximum absolute atomic E-state index is 5.96. The summed E-state index contributed by atoms with van der Waals surface area (Å²) in [6.45, 7) is 4.15. The molecule has 0 aliphatic rings. The first-order valence-electron chi connectivity index (χ1n) is 5.96. The lowest BCUT2D eigenvalue weighted by atomic mass is 10.1. The van der Waals surface area contributed by atoms with Crippen LogP contribution in [0.5, 0.6) is 0 Å². The molecule has 5 heteroatoms. The van der Waals surface area contributed by atoms with E-state index in [2.05, 4.69) is 29.1 Å². The second kappa shape index (κ2) is 3.87. The Balaban J connectivity index is 2.33. The average molecular weight is 241 g/mol. The van der Waals surface area contributed by atoms with Gasteiger partial charge < -0.3 is 5.73 Å². The standard InChI is InChI=1S/C13H15N5/c1-8(2)18-13-10(12(14)15-16-13)11(17-18)9-6-4-3-5-7-9/h3-8H,1-2H3,(H3,14,15,16). The minimum atomic E-state index is 0.243. The Hall–Kier alpha value is -2.30. The van der Waals surface area contributed by atoms with Crippen LogP contribution in [-0.4, -0.2) is 20.0 Å². The molecular weight excluding hydrogens is 226 g/mol. The van der Waals surface area contributed by atoms with Crippen molar-refractivity contribution in [3.63, 3.8) is 0 Å². The SMILES string of the molecule is CC(C)n1nc(-c2ccccc2)c2c(N)[nH]nc21. The largest absolute Gasteiger partial charge is 0.383 e. The number of aromatic amines is 1. The second-order valence-electron chi connectivity index (χ2n) is 4.59. The Morgan fingerprint density at radius 2 is 1.94 bits per heavy atom.